The van der Waals surface area contributed by atoms with Crippen molar-refractivity contribution in [1.29, 1.82) is 0 Å². The van der Waals surface area contributed by atoms with Gasteiger partial charge >= 0.3 is 6.03 Å². The molecule has 3 rings (SSSR count). The third-order valence-corrected chi connectivity index (χ3v) is 5.66. The number of halogens is 1. The molecule has 8 nitrogen and oxygen atoms in total. The number of aromatic nitrogens is 3. The molecule has 1 saturated carbocycles. The van der Waals surface area contributed by atoms with E-state index in [1.807, 2.05) is 0 Å². The Hall–Kier alpha value is -2.62. The van der Waals surface area contributed by atoms with Crippen LogP contribution in [0, 0.1) is 5.82 Å². The lowest BCUT2D eigenvalue weighted by molar-refractivity contribution is -0.119. The van der Waals surface area contributed by atoms with Crippen molar-refractivity contribution < 1.29 is 14.0 Å². The first-order valence-corrected chi connectivity index (χ1v) is 10.1. The summed E-state index contributed by atoms with van der Waals surface area (Å²) in [5.41, 5.74) is 0.216. The Morgan fingerprint density at radius 3 is 2.68 bits per heavy atom. The van der Waals surface area contributed by atoms with E-state index in [1.165, 1.54) is 12.5 Å². The Morgan fingerprint density at radius 2 is 1.96 bits per heavy atom. The van der Waals surface area contributed by atoms with Gasteiger partial charge in [0.2, 0.25) is 11.1 Å². The maximum atomic E-state index is 13.9. The summed E-state index contributed by atoms with van der Waals surface area (Å²) in [6.45, 7) is 1.63. The molecule has 1 aliphatic rings. The zero-order valence-corrected chi connectivity index (χ0v) is 16.3. The fraction of sp³-hybridized carbons (Fsp3) is 0.444. The molecule has 4 N–H and O–H groups in total. The van der Waals surface area contributed by atoms with E-state index in [0.717, 1.165) is 42.1 Å². The van der Waals surface area contributed by atoms with Crippen LogP contribution in [0.25, 0.3) is 11.4 Å². The number of thioether (sulfide) groups is 1. The first-order valence-electron chi connectivity index (χ1n) is 9.19. The van der Waals surface area contributed by atoms with Crippen molar-refractivity contribution in [2.24, 2.45) is 0 Å². The second kappa shape index (κ2) is 9.05. The number of carbonyl (C=O) groups is 2. The largest absolute Gasteiger partial charge is 0.335 e. The molecule has 28 heavy (non-hydrogen) atoms. The molecule has 1 aromatic heterocycles. The zero-order valence-electron chi connectivity index (χ0n) is 15.5. The molecule has 0 radical (unpaired) electrons. The smallest absolute Gasteiger partial charge is 0.321 e. The summed E-state index contributed by atoms with van der Waals surface area (Å²) < 4.78 is 15.1. The number of benzene rings is 1. The molecule has 1 fully saturated rings. The quantitative estimate of drug-likeness (QED) is 0.519. The topological polar surface area (TPSA) is 115 Å². The SMILES string of the molecule is CC(Sc1nnc(-c2ccccc2F)n1N)C(=O)NC(=O)NC1CCCCC1. The van der Waals surface area contributed by atoms with Crippen LogP contribution in [0.3, 0.4) is 0 Å². The fourth-order valence-corrected chi connectivity index (χ4v) is 3.85. The molecule has 2 aromatic rings. The molecule has 1 unspecified atom stereocenters. The second-order valence-corrected chi connectivity index (χ2v) is 8.02. The van der Waals surface area contributed by atoms with Crippen molar-refractivity contribution >= 4 is 23.7 Å². The maximum absolute atomic E-state index is 13.9. The number of urea groups is 1. The van der Waals surface area contributed by atoms with Gasteiger partial charge in [-0.3, -0.25) is 10.1 Å². The van der Waals surface area contributed by atoms with Gasteiger partial charge in [0, 0.05) is 6.04 Å². The third-order valence-electron chi connectivity index (χ3n) is 4.61. The summed E-state index contributed by atoms with van der Waals surface area (Å²) >= 11 is 1.04. The van der Waals surface area contributed by atoms with E-state index in [4.69, 9.17) is 5.84 Å². The normalized spacial score (nSPS) is 15.8. The van der Waals surface area contributed by atoms with Gasteiger partial charge in [-0.2, -0.15) is 0 Å². The Balaban J connectivity index is 1.58. The van der Waals surface area contributed by atoms with E-state index < -0.39 is 23.0 Å². The molecular formula is C18H23FN6O2S. The molecule has 1 heterocycles. The minimum Gasteiger partial charge on any atom is -0.335 e. The van der Waals surface area contributed by atoms with E-state index in [0.29, 0.717) is 0 Å². The average Bonchev–Trinajstić information content (AvgIpc) is 3.03. The van der Waals surface area contributed by atoms with Crippen LogP contribution in [-0.2, 0) is 4.79 Å². The predicted octanol–water partition coefficient (Wildman–Crippen LogP) is 2.44. The Kier molecular flexibility index (Phi) is 6.50. The number of amides is 3. The van der Waals surface area contributed by atoms with Crippen LogP contribution >= 0.6 is 11.8 Å². The van der Waals surface area contributed by atoms with Crippen molar-refractivity contribution in [3.05, 3.63) is 30.1 Å². The molecule has 0 spiro atoms. The van der Waals surface area contributed by atoms with Crippen molar-refractivity contribution in [3.63, 3.8) is 0 Å². The van der Waals surface area contributed by atoms with E-state index >= 15 is 0 Å². The molecular weight excluding hydrogens is 383 g/mol. The van der Waals surface area contributed by atoms with Gasteiger partial charge in [-0.1, -0.05) is 43.2 Å². The van der Waals surface area contributed by atoms with Gasteiger partial charge in [-0.05, 0) is 31.9 Å². The van der Waals surface area contributed by atoms with E-state index in [2.05, 4.69) is 20.8 Å². The molecule has 0 saturated heterocycles. The van der Waals surface area contributed by atoms with Gasteiger partial charge in [0.15, 0.2) is 5.82 Å². The summed E-state index contributed by atoms with van der Waals surface area (Å²) in [6.07, 6.45) is 5.21. The Bertz CT molecular complexity index is 852. The van der Waals surface area contributed by atoms with Crippen LogP contribution < -0.4 is 16.5 Å². The number of nitrogens with two attached hydrogens (primary N) is 1. The highest BCUT2D eigenvalue weighted by molar-refractivity contribution is 8.00. The molecule has 0 aliphatic heterocycles. The number of nitrogens with one attached hydrogen (secondary N) is 2. The fourth-order valence-electron chi connectivity index (χ4n) is 3.08. The highest BCUT2D eigenvalue weighted by atomic mass is 32.2. The van der Waals surface area contributed by atoms with Gasteiger partial charge < -0.3 is 11.2 Å². The number of nitrogen functional groups attached to an aromatic ring is 1. The predicted molar refractivity (Wildman–Crippen MR) is 104 cm³/mol. The first kappa shape index (κ1) is 20.1. The lowest BCUT2D eigenvalue weighted by Gasteiger charge is -2.22. The van der Waals surface area contributed by atoms with Gasteiger partial charge in [-0.15, -0.1) is 10.2 Å². The number of nitrogens with zero attached hydrogens (tertiary/aromatic N) is 3. The number of rotatable bonds is 5. The number of hydrogen-bond acceptors (Lipinski definition) is 6. The second-order valence-electron chi connectivity index (χ2n) is 6.71. The zero-order chi connectivity index (χ0) is 20.1. The highest BCUT2D eigenvalue weighted by Crippen LogP contribution is 2.26. The molecule has 10 heteroatoms. The minimum absolute atomic E-state index is 0.111. The number of hydrogen-bond donors (Lipinski definition) is 3. The maximum Gasteiger partial charge on any atom is 0.321 e. The van der Waals surface area contributed by atoms with E-state index in [1.54, 1.807) is 25.1 Å². The molecule has 150 valence electrons. The van der Waals surface area contributed by atoms with Gasteiger partial charge in [0.05, 0.1) is 10.8 Å². The molecule has 1 atom stereocenters. The Morgan fingerprint density at radius 1 is 1.25 bits per heavy atom. The third kappa shape index (κ3) is 4.80. The summed E-state index contributed by atoms with van der Waals surface area (Å²) in [7, 11) is 0. The number of carbonyl (C=O) groups excluding carboxylic acids is 2. The van der Waals surface area contributed by atoms with Crippen LogP contribution in [-0.4, -0.2) is 38.1 Å². The van der Waals surface area contributed by atoms with Crippen molar-refractivity contribution in [2.45, 2.75) is 55.5 Å². The van der Waals surface area contributed by atoms with Gasteiger partial charge in [-0.25, -0.2) is 13.9 Å². The molecule has 1 aliphatic carbocycles. The van der Waals surface area contributed by atoms with Crippen molar-refractivity contribution in [3.8, 4) is 11.4 Å². The molecule has 1 aromatic carbocycles. The van der Waals surface area contributed by atoms with Crippen LogP contribution in [0.1, 0.15) is 39.0 Å². The van der Waals surface area contributed by atoms with Crippen molar-refractivity contribution in [1.82, 2.24) is 25.5 Å². The minimum atomic E-state index is -0.642. The van der Waals surface area contributed by atoms with E-state index in [9.17, 15) is 14.0 Å². The van der Waals surface area contributed by atoms with Crippen LogP contribution in [0.4, 0.5) is 9.18 Å². The van der Waals surface area contributed by atoms with E-state index in [-0.39, 0.29) is 22.6 Å². The lowest BCUT2D eigenvalue weighted by Crippen LogP contribution is -2.47. The standard InChI is InChI=1S/C18H23FN6O2S/c1-11(16(26)22-17(27)21-12-7-3-2-4-8-12)28-18-24-23-15(25(18)20)13-9-5-6-10-14(13)19/h5-6,9-12H,2-4,7-8,20H2,1H3,(H2,21,22,26,27). The van der Waals surface area contributed by atoms with Gasteiger partial charge in [0.25, 0.3) is 0 Å². The summed E-state index contributed by atoms with van der Waals surface area (Å²) in [4.78, 5) is 24.3. The average molecular weight is 406 g/mol. The summed E-state index contributed by atoms with van der Waals surface area (Å²) in [5.74, 6) is 5.19. The summed E-state index contributed by atoms with van der Waals surface area (Å²) in [6, 6.07) is 5.70. The van der Waals surface area contributed by atoms with Crippen molar-refractivity contribution in [2.75, 3.05) is 5.84 Å². The molecule has 0 bridgehead atoms. The molecule has 3 amide bonds. The van der Waals surface area contributed by atoms with Gasteiger partial charge in [0.1, 0.15) is 5.82 Å². The first-order chi connectivity index (χ1) is 13.5. The monoisotopic (exact) mass is 406 g/mol. The Labute approximate surface area is 166 Å². The van der Waals surface area contributed by atoms with Crippen LogP contribution in [0.2, 0.25) is 0 Å². The van der Waals surface area contributed by atoms with Crippen LogP contribution in [0.15, 0.2) is 29.4 Å². The summed E-state index contributed by atoms with van der Waals surface area (Å²) in [5, 5.41) is 12.6. The number of imide groups is 1. The van der Waals surface area contributed by atoms with Crippen LogP contribution in [0.5, 0.6) is 0 Å². The highest BCUT2D eigenvalue weighted by Gasteiger charge is 2.23. The lowest BCUT2D eigenvalue weighted by atomic mass is 9.96.